The van der Waals surface area contributed by atoms with Gasteiger partial charge in [0.2, 0.25) is 0 Å². The summed E-state index contributed by atoms with van der Waals surface area (Å²) >= 11 is 1.37. The maximum Gasteiger partial charge on any atom is 0.113 e. The van der Waals surface area contributed by atoms with Crippen LogP contribution in [0.2, 0.25) is 0 Å². The molecule has 5 heteroatoms. The van der Waals surface area contributed by atoms with Crippen LogP contribution in [-0.2, 0) is 10.8 Å². The highest BCUT2D eigenvalue weighted by Crippen LogP contribution is 2.59. The zero-order valence-corrected chi connectivity index (χ0v) is 79.0. The molecule has 0 radical (unpaired) electrons. The van der Waals surface area contributed by atoms with Gasteiger partial charge in [-0.15, -0.1) is 0 Å². The second-order valence-electron chi connectivity index (χ2n) is 39.0. The van der Waals surface area contributed by atoms with Gasteiger partial charge in [-0.3, -0.25) is 0 Å². The second-order valence-corrected chi connectivity index (χ2v) is 39.6. The lowest BCUT2D eigenvalue weighted by Crippen LogP contribution is -2.26. The summed E-state index contributed by atoms with van der Waals surface area (Å²) in [6.07, 6.45) is 34.5. The third kappa shape index (κ3) is 15.8. The maximum atomic E-state index is 5.42. The molecule has 0 fully saturated rings. The molecule has 17 aromatic carbocycles. The highest BCUT2D eigenvalue weighted by molar-refractivity contribution is 7.00. The lowest BCUT2D eigenvalue weighted by molar-refractivity contribution is 0.398. The summed E-state index contributed by atoms with van der Waals surface area (Å²) in [5, 5.41) is 15.2. The number of aromatic nitrogens is 4. The van der Waals surface area contributed by atoms with Crippen LogP contribution in [0.3, 0.4) is 0 Å². The molecule has 0 atom stereocenters. The molecule has 4 nitrogen and oxygen atoms in total. The van der Waals surface area contributed by atoms with E-state index < -0.39 is 0 Å². The van der Waals surface area contributed by atoms with Gasteiger partial charge in [-0.1, -0.05) is 424 Å². The molecule has 2 aliphatic rings. The van der Waals surface area contributed by atoms with Crippen LogP contribution in [-0.4, -0.2) is 17.9 Å². The van der Waals surface area contributed by atoms with Crippen molar-refractivity contribution in [2.75, 3.05) is 0 Å². The van der Waals surface area contributed by atoms with Crippen LogP contribution in [0.1, 0.15) is 230 Å². The van der Waals surface area contributed by atoms with Gasteiger partial charge in [0.1, 0.15) is 11.0 Å². The standard InChI is InChI=1S/C128H122N4S/c1-5-9-13-17-21-33-75-127(76-34-22-18-14-10-6-2)117-83-95(57-65-109(117)111-67-63-97(85-119(111)127)131-121-71-59-91(103-53-37-45-87-41-25-29-49-99(87)103)79-113(121)114-80-92(60-72-122(114)131)104-54-38-46-88-42-26-30-50-100(88)104)107-69-70-108(126-125(107)129-133-130-126)96-58-66-110-112-68-64-98(86-120(112)128(118(110)84-96,77-35-23-19-15-11-7-3)78-36-24-20-16-12-8-4)132-123-73-61-93(105-55-39-47-89-43-27-31-51-101(89)105)81-115(123)116-82-94(62-74-124(116)132)106-56-40-48-90-44-28-32-52-102(90)106/h25-32,37-74,79-86H,5-24,33-36,75-78H2,1-4H3. The summed E-state index contributed by atoms with van der Waals surface area (Å²) in [7, 11) is 0. The van der Waals surface area contributed by atoms with E-state index in [1.54, 1.807) is 0 Å². The Kier molecular flexibility index (Phi) is 24.3. The zero-order chi connectivity index (χ0) is 89.4. The molecular weight excluding hydrogens is 1630 g/mol. The molecule has 660 valence electrons. The van der Waals surface area contributed by atoms with Crippen LogP contribution in [0.15, 0.2) is 328 Å². The van der Waals surface area contributed by atoms with E-state index >= 15 is 0 Å². The molecule has 0 unspecified atom stereocenters. The Hall–Kier alpha value is -12.8. The van der Waals surface area contributed by atoms with Gasteiger partial charge in [-0.2, -0.15) is 8.75 Å². The summed E-state index contributed by atoms with van der Waals surface area (Å²) in [5.74, 6) is 0. The lowest BCUT2D eigenvalue weighted by Gasteiger charge is -2.33. The van der Waals surface area contributed by atoms with Gasteiger partial charge in [-0.25, -0.2) is 0 Å². The normalized spacial score (nSPS) is 13.2. The van der Waals surface area contributed by atoms with Crippen molar-refractivity contribution in [3.05, 3.63) is 350 Å². The highest BCUT2D eigenvalue weighted by Gasteiger charge is 2.45. The highest BCUT2D eigenvalue weighted by atomic mass is 32.1. The molecule has 20 aromatic rings. The van der Waals surface area contributed by atoms with Crippen molar-refractivity contribution in [2.24, 2.45) is 0 Å². The number of unbranched alkanes of at least 4 members (excludes halogenated alkanes) is 20. The van der Waals surface area contributed by atoms with Crippen molar-refractivity contribution in [3.63, 3.8) is 0 Å². The van der Waals surface area contributed by atoms with Gasteiger partial charge in [-0.05, 0) is 254 Å². The Labute approximate surface area is 790 Å². The first kappa shape index (κ1) is 85.7. The first-order valence-electron chi connectivity index (χ1n) is 50.7. The Morgan fingerprint density at radius 3 is 0.744 bits per heavy atom. The van der Waals surface area contributed by atoms with E-state index in [0.717, 1.165) is 47.8 Å². The molecule has 133 heavy (non-hydrogen) atoms. The molecule has 0 saturated heterocycles. The van der Waals surface area contributed by atoms with E-state index in [1.165, 1.54) is 364 Å². The van der Waals surface area contributed by atoms with Crippen LogP contribution < -0.4 is 0 Å². The second kappa shape index (κ2) is 37.7. The number of benzene rings is 17. The first-order valence-corrected chi connectivity index (χ1v) is 51.5. The maximum absolute atomic E-state index is 5.42. The van der Waals surface area contributed by atoms with E-state index in [9.17, 15) is 0 Å². The molecule has 2 aliphatic carbocycles. The minimum absolute atomic E-state index is 0.220. The average molecular weight is 1750 g/mol. The molecule has 0 saturated carbocycles. The summed E-state index contributed by atoms with van der Waals surface area (Å²) in [6, 6.07) is 127. The third-order valence-electron chi connectivity index (χ3n) is 31.0. The minimum atomic E-state index is -0.220. The summed E-state index contributed by atoms with van der Waals surface area (Å²) in [5.41, 5.74) is 35.2. The van der Waals surface area contributed by atoms with Crippen molar-refractivity contribution in [1.29, 1.82) is 0 Å². The SMILES string of the molecule is CCCCCCCCC1(CCCCCCCC)c2cc(-c3ccc(-c4ccc5c(c4)C(CCCCCCCC)(CCCCCCCC)c4cc(-n6c7ccc(-c8cccc9ccccc89)cc7c7cc(-c8cccc9ccccc89)ccc76)ccc4-5)c4nsnc34)ccc2-c2ccc(-n3c4ccc(-c5cccc6ccccc56)cc4c4cc(-c5cccc6ccccc56)ccc43)cc21. The quantitative estimate of drug-likeness (QED) is 0.0367. The zero-order valence-electron chi connectivity index (χ0n) is 78.2. The largest absolute Gasteiger partial charge is 0.309 e. The van der Waals surface area contributed by atoms with Crippen LogP contribution in [0, 0.1) is 0 Å². The fraction of sp³-hybridized carbons (Fsp3) is 0.266. The van der Waals surface area contributed by atoms with Gasteiger partial charge < -0.3 is 9.13 Å². The fourth-order valence-corrected chi connectivity index (χ4v) is 24.8. The van der Waals surface area contributed by atoms with Gasteiger partial charge in [0.25, 0.3) is 0 Å². The lowest BCUT2D eigenvalue weighted by atomic mass is 9.70. The van der Waals surface area contributed by atoms with Gasteiger partial charge in [0, 0.05) is 54.9 Å². The fourth-order valence-electron chi connectivity index (χ4n) is 24.2. The number of rotatable bonds is 36. The molecule has 3 heterocycles. The van der Waals surface area contributed by atoms with E-state index in [4.69, 9.17) is 8.75 Å². The van der Waals surface area contributed by atoms with Gasteiger partial charge in [0.15, 0.2) is 0 Å². The molecule has 0 N–H and O–H groups in total. The number of hydrogen-bond donors (Lipinski definition) is 0. The van der Waals surface area contributed by atoms with Crippen molar-refractivity contribution < 1.29 is 0 Å². The van der Waals surface area contributed by atoms with Crippen molar-refractivity contribution in [2.45, 2.75) is 218 Å². The van der Waals surface area contributed by atoms with Crippen molar-refractivity contribution >= 4 is 109 Å². The molecular formula is C128H122N4S. The third-order valence-corrected chi connectivity index (χ3v) is 31.5. The van der Waals surface area contributed by atoms with Crippen LogP contribution in [0.5, 0.6) is 0 Å². The van der Waals surface area contributed by atoms with Gasteiger partial charge >= 0.3 is 0 Å². The van der Waals surface area contributed by atoms with E-state index in [2.05, 4.69) is 364 Å². The molecule has 0 spiro atoms. The topological polar surface area (TPSA) is 35.6 Å². The molecule has 22 rings (SSSR count). The van der Waals surface area contributed by atoms with Gasteiger partial charge in [0.05, 0.1) is 33.8 Å². The van der Waals surface area contributed by atoms with Crippen LogP contribution in [0.4, 0.5) is 0 Å². The molecule has 0 amide bonds. The summed E-state index contributed by atoms with van der Waals surface area (Å²) in [6.45, 7) is 9.40. The van der Waals surface area contributed by atoms with E-state index in [0.29, 0.717) is 0 Å². The predicted octanol–water partition coefficient (Wildman–Crippen LogP) is 38.0. The van der Waals surface area contributed by atoms with Crippen molar-refractivity contribution in [1.82, 2.24) is 17.9 Å². The van der Waals surface area contributed by atoms with Crippen LogP contribution in [0.25, 0.3) is 198 Å². The molecule has 0 aliphatic heterocycles. The average Bonchev–Trinajstić information content (AvgIpc) is 1.55. The Balaban J connectivity index is 0.667. The predicted molar refractivity (Wildman–Crippen MR) is 573 cm³/mol. The summed E-state index contributed by atoms with van der Waals surface area (Å²) in [4.78, 5) is 0. The molecule has 3 aromatic heterocycles. The minimum Gasteiger partial charge on any atom is -0.309 e. The van der Waals surface area contributed by atoms with E-state index in [-0.39, 0.29) is 10.8 Å². The monoisotopic (exact) mass is 1750 g/mol. The first-order chi connectivity index (χ1) is 65.8. The van der Waals surface area contributed by atoms with E-state index in [1.807, 2.05) is 0 Å². The smallest absolute Gasteiger partial charge is 0.113 e. The molecule has 0 bridgehead atoms. The summed E-state index contributed by atoms with van der Waals surface area (Å²) < 4.78 is 16.1. The Morgan fingerprint density at radius 1 is 0.203 bits per heavy atom. The Bertz CT molecular complexity index is 6970. The van der Waals surface area contributed by atoms with Crippen LogP contribution >= 0.6 is 11.7 Å². The van der Waals surface area contributed by atoms with Crippen molar-refractivity contribution in [3.8, 4) is 100 Å². The number of hydrogen-bond acceptors (Lipinski definition) is 3. The number of fused-ring (bicyclic) bond motifs is 17. The Morgan fingerprint density at radius 2 is 0.444 bits per heavy atom. The number of nitrogens with zero attached hydrogens (tertiary/aromatic N) is 4.